The van der Waals surface area contributed by atoms with E-state index in [1.165, 1.54) is 0 Å². The minimum atomic E-state index is -0.114. The van der Waals surface area contributed by atoms with Gasteiger partial charge in [0.1, 0.15) is 24.3 Å². The maximum absolute atomic E-state index is 6.26. The maximum Gasteiger partial charge on any atom is 0.220 e. The summed E-state index contributed by atoms with van der Waals surface area (Å²) in [5, 5.41) is 2.18. The summed E-state index contributed by atoms with van der Waals surface area (Å²) in [6.07, 6.45) is 4.06. The third-order valence-corrected chi connectivity index (χ3v) is 5.27. The number of fused-ring (bicyclic) bond motifs is 2. The zero-order chi connectivity index (χ0) is 20.7. The van der Waals surface area contributed by atoms with Crippen LogP contribution in [0.3, 0.4) is 0 Å². The molecule has 0 saturated carbocycles. The molecule has 150 valence electrons. The van der Waals surface area contributed by atoms with Crippen molar-refractivity contribution in [1.82, 2.24) is 19.9 Å². The quantitative estimate of drug-likeness (QED) is 0.559. The Morgan fingerprint density at radius 3 is 2.70 bits per heavy atom. The molecule has 0 saturated heterocycles. The highest BCUT2D eigenvalue weighted by molar-refractivity contribution is 5.99. The first-order chi connectivity index (χ1) is 14.6. The van der Waals surface area contributed by atoms with Crippen molar-refractivity contribution in [2.24, 2.45) is 0 Å². The van der Waals surface area contributed by atoms with Crippen molar-refractivity contribution in [1.29, 1.82) is 0 Å². The van der Waals surface area contributed by atoms with E-state index in [1.54, 1.807) is 12.4 Å². The van der Waals surface area contributed by atoms with Gasteiger partial charge in [0.05, 0.1) is 0 Å². The van der Waals surface area contributed by atoms with Gasteiger partial charge in [-0.3, -0.25) is 0 Å². The lowest BCUT2D eigenvalue weighted by Gasteiger charge is -2.17. The molecule has 2 aromatic heterocycles. The summed E-state index contributed by atoms with van der Waals surface area (Å²) in [6.45, 7) is 4.26. The SMILES string of the molecule is Cc1nc(C)c2c(n1)OC(COc1ccc3ccccc3c1-c1cnc(N)nc1)C2. The van der Waals surface area contributed by atoms with Gasteiger partial charge in [0.25, 0.3) is 0 Å². The molecule has 1 atom stereocenters. The first-order valence-corrected chi connectivity index (χ1v) is 9.81. The fourth-order valence-corrected chi connectivity index (χ4v) is 3.88. The monoisotopic (exact) mass is 399 g/mol. The van der Waals surface area contributed by atoms with Crippen LogP contribution < -0.4 is 15.2 Å². The third-order valence-electron chi connectivity index (χ3n) is 5.27. The van der Waals surface area contributed by atoms with E-state index < -0.39 is 0 Å². The van der Waals surface area contributed by atoms with Gasteiger partial charge in [-0.05, 0) is 30.7 Å². The fraction of sp³-hybridized carbons (Fsp3) is 0.217. The van der Waals surface area contributed by atoms with Crippen LogP contribution in [0.15, 0.2) is 48.8 Å². The number of aryl methyl sites for hydroxylation is 2. The molecule has 0 amide bonds. The van der Waals surface area contributed by atoms with E-state index in [1.807, 2.05) is 32.0 Å². The Labute approximate surface area is 173 Å². The van der Waals surface area contributed by atoms with Crippen molar-refractivity contribution in [3.05, 3.63) is 65.9 Å². The minimum absolute atomic E-state index is 0.114. The average molecular weight is 399 g/mol. The molecule has 7 heteroatoms. The van der Waals surface area contributed by atoms with Crippen LogP contribution >= 0.6 is 0 Å². The van der Waals surface area contributed by atoms with E-state index in [2.05, 4.69) is 38.1 Å². The van der Waals surface area contributed by atoms with Gasteiger partial charge in [0.15, 0.2) is 0 Å². The topological polar surface area (TPSA) is 96.0 Å². The van der Waals surface area contributed by atoms with Crippen LogP contribution in [0.4, 0.5) is 5.95 Å². The number of ether oxygens (including phenoxy) is 2. The molecule has 4 aromatic rings. The molecule has 5 rings (SSSR count). The van der Waals surface area contributed by atoms with Gasteiger partial charge in [0, 0.05) is 41.2 Å². The second-order valence-corrected chi connectivity index (χ2v) is 7.38. The smallest absolute Gasteiger partial charge is 0.220 e. The van der Waals surface area contributed by atoms with Crippen LogP contribution in [0.25, 0.3) is 21.9 Å². The van der Waals surface area contributed by atoms with Gasteiger partial charge in [-0.25, -0.2) is 15.0 Å². The summed E-state index contributed by atoms with van der Waals surface area (Å²) in [4.78, 5) is 17.2. The molecule has 2 N–H and O–H groups in total. The normalized spacial score (nSPS) is 15.1. The Kier molecular flexibility index (Phi) is 4.43. The predicted octanol–water partition coefficient (Wildman–Crippen LogP) is 3.67. The molecule has 1 aliphatic rings. The molecule has 30 heavy (non-hydrogen) atoms. The molecule has 0 aliphatic carbocycles. The van der Waals surface area contributed by atoms with E-state index in [4.69, 9.17) is 15.2 Å². The van der Waals surface area contributed by atoms with Gasteiger partial charge in [-0.2, -0.15) is 4.98 Å². The summed E-state index contributed by atoms with van der Waals surface area (Å²) in [6, 6.07) is 12.2. The van der Waals surface area contributed by atoms with Gasteiger partial charge >= 0.3 is 0 Å². The van der Waals surface area contributed by atoms with Crippen LogP contribution in [-0.4, -0.2) is 32.6 Å². The van der Waals surface area contributed by atoms with Crippen molar-refractivity contribution in [3.63, 3.8) is 0 Å². The molecular weight excluding hydrogens is 378 g/mol. The largest absolute Gasteiger partial charge is 0.489 e. The minimum Gasteiger partial charge on any atom is -0.489 e. The fourth-order valence-electron chi connectivity index (χ4n) is 3.88. The number of nitrogen functional groups attached to an aromatic ring is 1. The number of aromatic nitrogens is 4. The maximum atomic E-state index is 6.26. The lowest BCUT2D eigenvalue weighted by Crippen LogP contribution is -2.22. The number of hydrogen-bond acceptors (Lipinski definition) is 7. The summed E-state index contributed by atoms with van der Waals surface area (Å²) in [5.41, 5.74) is 9.49. The van der Waals surface area contributed by atoms with Crippen molar-refractivity contribution in [2.45, 2.75) is 26.4 Å². The number of benzene rings is 2. The first kappa shape index (κ1) is 18.3. The highest BCUT2D eigenvalue weighted by Gasteiger charge is 2.28. The van der Waals surface area contributed by atoms with Gasteiger partial charge in [0.2, 0.25) is 11.8 Å². The van der Waals surface area contributed by atoms with Crippen molar-refractivity contribution >= 4 is 16.7 Å². The van der Waals surface area contributed by atoms with Crippen LogP contribution in [0, 0.1) is 13.8 Å². The Hall–Kier alpha value is -3.74. The second kappa shape index (κ2) is 7.26. The molecule has 2 aromatic carbocycles. The van der Waals surface area contributed by atoms with E-state index in [0.29, 0.717) is 18.3 Å². The molecule has 1 aliphatic heterocycles. The summed E-state index contributed by atoms with van der Waals surface area (Å²) in [5.74, 6) is 2.37. The zero-order valence-corrected chi connectivity index (χ0v) is 16.8. The van der Waals surface area contributed by atoms with Gasteiger partial charge in [-0.15, -0.1) is 0 Å². The van der Waals surface area contributed by atoms with Crippen molar-refractivity contribution < 1.29 is 9.47 Å². The van der Waals surface area contributed by atoms with Gasteiger partial charge < -0.3 is 15.2 Å². The molecule has 0 radical (unpaired) electrons. The molecule has 7 nitrogen and oxygen atoms in total. The number of anilines is 1. The highest BCUT2D eigenvalue weighted by Crippen LogP contribution is 2.37. The Morgan fingerprint density at radius 1 is 1.07 bits per heavy atom. The van der Waals surface area contributed by atoms with E-state index >= 15 is 0 Å². The van der Waals surface area contributed by atoms with Crippen LogP contribution in [0.1, 0.15) is 17.1 Å². The summed E-state index contributed by atoms with van der Waals surface area (Å²) >= 11 is 0. The van der Waals surface area contributed by atoms with Crippen molar-refractivity contribution in [3.8, 4) is 22.8 Å². The molecule has 0 bridgehead atoms. The number of rotatable bonds is 4. The third kappa shape index (κ3) is 3.28. The molecule has 0 fully saturated rings. The molecule has 3 heterocycles. The van der Waals surface area contributed by atoms with E-state index in [9.17, 15) is 0 Å². The average Bonchev–Trinajstić information content (AvgIpc) is 3.16. The first-order valence-electron chi connectivity index (χ1n) is 9.81. The lowest BCUT2D eigenvalue weighted by molar-refractivity contribution is 0.145. The Bertz CT molecular complexity index is 1240. The summed E-state index contributed by atoms with van der Waals surface area (Å²) in [7, 11) is 0. The van der Waals surface area contributed by atoms with E-state index in [-0.39, 0.29) is 12.1 Å². The zero-order valence-electron chi connectivity index (χ0n) is 16.8. The second-order valence-electron chi connectivity index (χ2n) is 7.38. The Morgan fingerprint density at radius 2 is 1.87 bits per heavy atom. The summed E-state index contributed by atoms with van der Waals surface area (Å²) < 4.78 is 12.3. The van der Waals surface area contributed by atoms with Crippen LogP contribution in [-0.2, 0) is 6.42 Å². The predicted molar refractivity (Wildman–Crippen MR) is 115 cm³/mol. The number of hydrogen-bond donors (Lipinski definition) is 1. The lowest BCUT2D eigenvalue weighted by atomic mass is 9.99. The van der Waals surface area contributed by atoms with Crippen LogP contribution in [0.5, 0.6) is 11.6 Å². The standard InChI is InChI=1S/C23H21N5O2/c1-13-19-9-17(30-22(19)28-14(2)27-13)12-29-20-8-7-15-5-3-4-6-18(15)21(20)16-10-25-23(24)26-11-16/h3-8,10-11,17H,9,12H2,1-2H3,(H2,24,25,26). The van der Waals surface area contributed by atoms with Gasteiger partial charge in [-0.1, -0.05) is 30.3 Å². The highest BCUT2D eigenvalue weighted by atomic mass is 16.5. The number of nitrogens with two attached hydrogens (primary N) is 1. The number of nitrogens with zero attached hydrogens (tertiary/aromatic N) is 4. The van der Waals surface area contributed by atoms with Crippen molar-refractivity contribution in [2.75, 3.05) is 12.3 Å². The van der Waals surface area contributed by atoms with E-state index in [0.717, 1.165) is 45.3 Å². The molecule has 0 spiro atoms. The van der Waals surface area contributed by atoms with Crippen LogP contribution in [0.2, 0.25) is 0 Å². The Balaban J connectivity index is 1.46. The molecule has 1 unspecified atom stereocenters. The molecular formula is C23H21N5O2.